The normalized spacial score (nSPS) is 25.1. The summed E-state index contributed by atoms with van der Waals surface area (Å²) < 4.78 is 0. The van der Waals surface area contributed by atoms with E-state index in [9.17, 15) is 4.79 Å². The Balaban J connectivity index is 2.15. The molecule has 108 valence electrons. The molecule has 1 aromatic rings. The molecule has 1 fully saturated rings. The van der Waals surface area contributed by atoms with Crippen LogP contribution < -0.4 is 11.1 Å². The number of hydrogen-bond donors (Lipinski definition) is 2. The zero-order chi connectivity index (χ0) is 14.9. The fourth-order valence-electron chi connectivity index (χ4n) is 2.85. The van der Waals surface area contributed by atoms with Crippen molar-refractivity contribution >= 4 is 28.8 Å². The van der Waals surface area contributed by atoms with Crippen molar-refractivity contribution in [2.45, 2.75) is 39.5 Å². The Morgan fingerprint density at radius 1 is 1.45 bits per heavy atom. The van der Waals surface area contributed by atoms with Crippen LogP contribution in [-0.2, 0) is 4.79 Å². The van der Waals surface area contributed by atoms with E-state index in [2.05, 4.69) is 32.2 Å². The first-order chi connectivity index (χ1) is 9.35. The summed E-state index contributed by atoms with van der Waals surface area (Å²) in [4.78, 5) is 12.8. The van der Waals surface area contributed by atoms with Crippen LogP contribution >= 0.6 is 12.2 Å². The summed E-state index contributed by atoms with van der Waals surface area (Å²) in [5.74, 6) is 0.869. The van der Waals surface area contributed by atoms with Gasteiger partial charge >= 0.3 is 0 Å². The van der Waals surface area contributed by atoms with Gasteiger partial charge in [-0.25, -0.2) is 0 Å². The molecule has 3 nitrogen and oxygen atoms in total. The number of rotatable bonds is 4. The van der Waals surface area contributed by atoms with Crippen LogP contribution in [0.3, 0.4) is 0 Å². The average Bonchev–Trinajstić information content (AvgIpc) is 2.34. The molecule has 0 saturated heterocycles. The minimum atomic E-state index is -0.650. The number of amides is 1. The number of benzene rings is 1. The molecule has 0 bridgehead atoms. The van der Waals surface area contributed by atoms with Crippen molar-refractivity contribution in [2.24, 2.45) is 17.1 Å². The molecule has 0 unspecified atom stereocenters. The molecule has 1 aliphatic carbocycles. The third kappa shape index (κ3) is 2.70. The fourth-order valence-corrected chi connectivity index (χ4v) is 3.11. The first-order valence-corrected chi connectivity index (χ1v) is 7.47. The summed E-state index contributed by atoms with van der Waals surface area (Å²) >= 11 is 5.11. The van der Waals surface area contributed by atoms with E-state index < -0.39 is 5.41 Å². The molecule has 0 atom stereocenters. The van der Waals surface area contributed by atoms with E-state index in [1.165, 1.54) is 5.56 Å². The second-order valence-electron chi connectivity index (χ2n) is 6.19. The molecule has 0 heterocycles. The van der Waals surface area contributed by atoms with Gasteiger partial charge < -0.3 is 11.1 Å². The predicted molar refractivity (Wildman–Crippen MR) is 86.8 cm³/mol. The van der Waals surface area contributed by atoms with E-state index in [1.807, 2.05) is 18.2 Å². The van der Waals surface area contributed by atoms with Gasteiger partial charge in [0, 0.05) is 5.69 Å². The Kier molecular flexibility index (Phi) is 4.14. The third-order valence-electron chi connectivity index (χ3n) is 4.11. The van der Waals surface area contributed by atoms with Gasteiger partial charge in [0.05, 0.1) is 10.4 Å². The van der Waals surface area contributed by atoms with Crippen molar-refractivity contribution in [3.8, 4) is 0 Å². The molecular formula is C16H22N2OS. The second-order valence-corrected chi connectivity index (χ2v) is 6.63. The number of nitrogens with two attached hydrogens (primary N) is 1. The van der Waals surface area contributed by atoms with Gasteiger partial charge in [-0.3, -0.25) is 4.79 Å². The molecule has 1 aromatic carbocycles. The Labute approximate surface area is 125 Å². The van der Waals surface area contributed by atoms with Gasteiger partial charge in [0.25, 0.3) is 0 Å². The van der Waals surface area contributed by atoms with Crippen LogP contribution in [0.2, 0.25) is 0 Å². The Hall–Kier alpha value is -1.42. The van der Waals surface area contributed by atoms with E-state index in [0.717, 1.165) is 18.5 Å². The van der Waals surface area contributed by atoms with E-state index in [1.54, 1.807) is 0 Å². The summed E-state index contributed by atoms with van der Waals surface area (Å²) in [5, 5.41) is 2.98. The molecule has 20 heavy (non-hydrogen) atoms. The minimum absolute atomic E-state index is 0.0657. The quantitative estimate of drug-likeness (QED) is 0.835. The fraction of sp³-hybridized carbons (Fsp3) is 0.500. The SMILES string of the molecule is CC1CC(C(=O)Nc2cccc(C(C)C)c2)(C(N)=S)C1. The number of nitrogens with one attached hydrogen (secondary N) is 1. The van der Waals surface area contributed by atoms with E-state index in [-0.39, 0.29) is 5.91 Å². The molecule has 4 heteroatoms. The van der Waals surface area contributed by atoms with Crippen LogP contribution in [0.5, 0.6) is 0 Å². The highest BCUT2D eigenvalue weighted by atomic mass is 32.1. The highest BCUT2D eigenvalue weighted by molar-refractivity contribution is 7.80. The number of carbonyl (C=O) groups excluding carboxylic acids is 1. The average molecular weight is 290 g/mol. The molecule has 0 spiro atoms. The number of carbonyl (C=O) groups is 1. The summed E-state index contributed by atoms with van der Waals surface area (Å²) in [6, 6.07) is 7.94. The largest absolute Gasteiger partial charge is 0.392 e. The number of hydrogen-bond acceptors (Lipinski definition) is 2. The van der Waals surface area contributed by atoms with Crippen LogP contribution in [-0.4, -0.2) is 10.9 Å². The Morgan fingerprint density at radius 2 is 2.10 bits per heavy atom. The van der Waals surface area contributed by atoms with Crippen molar-refractivity contribution in [1.29, 1.82) is 0 Å². The Bertz CT molecular complexity index is 533. The van der Waals surface area contributed by atoms with Crippen LogP contribution in [0.1, 0.15) is 45.1 Å². The summed E-state index contributed by atoms with van der Waals surface area (Å²) in [7, 11) is 0. The van der Waals surface area contributed by atoms with Gasteiger partial charge in [-0.1, -0.05) is 45.1 Å². The van der Waals surface area contributed by atoms with Crippen molar-refractivity contribution in [2.75, 3.05) is 5.32 Å². The standard InChI is InChI=1S/C16H22N2OS/c1-10(2)12-5-4-6-13(7-12)18-15(19)16(14(17)20)8-11(3)9-16/h4-7,10-11H,8-9H2,1-3H3,(H2,17,20)(H,18,19). The molecule has 1 saturated carbocycles. The minimum Gasteiger partial charge on any atom is -0.392 e. The molecule has 0 radical (unpaired) electrons. The maximum atomic E-state index is 12.5. The lowest BCUT2D eigenvalue weighted by molar-refractivity contribution is -0.127. The summed E-state index contributed by atoms with van der Waals surface area (Å²) in [6.45, 7) is 6.37. The smallest absolute Gasteiger partial charge is 0.237 e. The van der Waals surface area contributed by atoms with Gasteiger partial charge in [-0.2, -0.15) is 0 Å². The third-order valence-corrected chi connectivity index (χ3v) is 4.50. The van der Waals surface area contributed by atoms with Crippen LogP contribution in [0.4, 0.5) is 5.69 Å². The molecular weight excluding hydrogens is 268 g/mol. The molecule has 2 rings (SSSR count). The van der Waals surface area contributed by atoms with E-state index in [4.69, 9.17) is 18.0 Å². The first-order valence-electron chi connectivity index (χ1n) is 7.06. The van der Waals surface area contributed by atoms with Gasteiger partial charge in [0.2, 0.25) is 5.91 Å². The topological polar surface area (TPSA) is 55.1 Å². The Morgan fingerprint density at radius 3 is 2.60 bits per heavy atom. The highest BCUT2D eigenvalue weighted by Gasteiger charge is 2.50. The lowest BCUT2D eigenvalue weighted by atomic mass is 9.62. The number of thiocarbonyl (C=S) groups is 1. The van der Waals surface area contributed by atoms with Gasteiger partial charge in [-0.15, -0.1) is 0 Å². The molecule has 0 aromatic heterocycles. The summed E-state index contributed by atoms with van der Waals surface area (Å²) in [5.41, 5.74) is 7.17. The van der Waals surface area contributed by atoms with Crippen molar-refractivity contribution < 1.29 is 4.79 Å². The monoisotopic (exact) mass is 290 g/mol. The summed E-state index contributed by atoms with van der Waals surface area (Å²) in [6.07, 6.45) is 1.50. The maximum absolute atomic E-state index is 12.5. The van der Waals surface area contributed by atoms with Crippen LogP contribution in [0, 0.1) is 11.3 Å². The van der Waals surface area contributed by atoms with Gasteiger partial charge in [0.15, 0.2) is 0 Å². The zero-order valence-electron chi connectivity index (χ0n) is 12.3. The van der Waals surface area contributed by atoms with Crippen molar-refractivity contribution in [3.05, 3.63) is 29.8 Å². The zero-order valence-corrected chi connectivity index (χ0v) is 13.1. The first kappa shape index (κ1) is 15.0. The maximum Gasteiger partial charge on any atom is 0.237 e. The van der Waals surface area contributed by atoms with Gasteiger partial charge in [-0.05, 0) is 42.4 Å². The van der Waals surface area contributed by atoms with Crippen LogP contribution in [0.25, 0.3) is 0 Å². The second kappa shape index (κ2) is 5.52. The van der Waals surface area contributed by atoms with Crippen molar-refractivity contribution in [3.63, 3.8) is 0 Å². The van der Waals surface area contributed by atoms with E-state index >= 15 is 0 Å². The van der Waals surface area contributed by atoms with Crippen LogP contribution in [0.15, 0.2) is 24.3 Å². The predicted octanol–water partition coefficient (Wildman–Crippen LogP) is 3.45. The molecule has 3 N–H and O–H groups in total. The lowest BCUT2D eigenvalue weighted by Crippen LogP contribution is -2.53. The number of anilines is 1. The molecule has 0 aliphatic heterocycles. The molecule has 1 amide bonds. The lowest BCUT2D eigenvalue weighted by Gasteiger charge is -2.44. The highest BCUT2D eigenvalue weighted by Crippen LogP contribution is 2.46. The van der Waals surface area contributed by atoms with Gasteiger partial charge in [0.1, 0.15) is 0 Å². The van der Waals surface area contributed by atoms with E-state index in [0.29, 0.717) is 16.8 Å². The molecule has 1 aliphatic rings. The van der Waals surface area contributed by atoms with Crippen molar-refractivity contribution in [1.82, 2.24) is 0 Å².